The maximum atomic E-state index is 14.0. The third-order valence-corrected chi connectivity index (χ3v) is 5.44. The van der Waals surface area contributed by atoms with Crippen molar-refractivity contribution in [3.05, 3.63) is 29.6 Å². The fraction of sp³-hybridized carbons (Fsp3) is 0.600. The Balaban J connectivity index is 1.61. The SMILES string of the molecule is CCOC(=O)C1NNCC1CN1CCCC(C(=O)c2ccc(OC)c(F)c2)C1. The van der Waals surface area contributed by atoms with Crippen molar-refractivity contribution in [1.82, 2.24) is 15.8 Å². The molecule has 1 aromatic rings. The van der Waals surface area contributed by atoms with E-state index in [1.165, 1.54) is 19.2 Å². The molecule has 28 heavy (non-hydrogen) atoms. The van der Waals surface area contributed by atoms with Crippen LogP contribution in [0.3, 0.4) is 0 Å². The quantitative estimate of drug-likeness (QED) is 0.535. The Morgan fingerprint density at radius 3 is 2.89 bits per heavy atom. The molecule has 0 amide bonds. The summed E-state index contributed by atoms with van der Waals surface area (Å²) in [4.78, 5) is 27.2. The molecular formula is C20H28FN3O4. The molecule has 3 unspecified atom stereocenters. The first-order chi connectivity index (χ1) is 13.5. The molecule has 2 heterocycles. The van der Waals surface area contributed by atoms with Crippen LogP contribution in [-0.2, 0) is 9.53 Å². The average Bonchev–Trinajstić information content (AvgIpc) is 3.16. The van der Waals surface area contributed by atoms with Gasteiger partial charge in [-0.2, -0.15) is 0 Å². The molecule has 3 atom stereocenters. The van der Waals surface area contributed by atoms with E-state index in [4.69, 9.17) is 9.47 Å². The molecule has 2 aliphatic rings. The number of piperidine rings is 1. The van der Waals surface area contributed by atoms with Gasteiger partial charge in [0.25, 0.3) is 0 Å². The van der Waals surface area contributed by atoms with Crippen LogP contribution in [0.4, 0.5) is 4.39 Å². The Morgan fingerprint density at radius 2 is 2.18 bits per heavy atom. The summed E-state index contributed by atoms with van der Waals surface area (Å²) in [6.07, 6.45) is 1.68. The van der Waals surface area contributed by atoms with Gasteiger partial charge >= 0.3 is 5.97 Å². The van der Waals surface area contributed by atoms with Gasteiger partial charge in [-0.05, 0) is 44.5 Å². The van der Waals surface area contributed by atoms with Crippen molar-refractivity contribution < 1.29 is 23.5 Å². The monoisotopic (exact) mass is 393 g/mol. The molecule has 7 nitrogen and oxygen atoms in total. The summed E-state index contributed by atoms with van der Waals surface area (Å²) in [5.41, 5.74) is 6.39. The minimum Gasteiger partial charge on any atom is -0.494 e. The van der Waals surface area contributed by atoms with Crippen molar-refractivity contribution in [2.24, 2.45) is 11.8 Å². The summed E-state index contributed by atoms with van der Waals surface area (Å²) >= 11 is 0. The Hall–Kier alpha value is -2.03. The Bertz CT molecular complexity index is 715. The normalized spacial score (nSPS) is 25.5. The van der Waals surface area contributed by atoms with Gasteiger partial charge in [0.2, 0.25) is 0 Å². The van der Waals surface area contributed by atoms with Crippen molar-refractivity contribution in [2.75, 3.05) is 39.9 Å². The van der Waals surface area contributed by atoms with Gasteiger partial charge in [0.15, 0.2) is 17.3 Å². The van der Waals surface area contributed by atoms with Gasteiger partial charge in [0.1, 0.15) is 6.04 Å². The molecule has 1 aromatic carbocycles. The number of carbonyl (C=O) groups excluding carboxylic acids is 2. The summed E-state index contributed by atoms with van der Waals surface area (Å²) in [6.45, 7) is 5.00. The fourth-order valence-electron chi connectivity index (χ4n) is 4.01. The molecule has 154 valence electrons. The number of Topliss-reactive ketones (excluding diaryl/α,β-unsaturated/α-hetero) is 1. The number of rotatable bonds is 7. The van der Waals surface area contributed by atoms with Gasteiger partial charge in [-0.25, -0.2) is 9.82 Å². The van der Waals surface area contributed by atoms with Crippen LogP contribution in [0, 0.1) is 17.7 Å². The van der Waals surface area contributed by atoms with E-state index in [1.54, 1.807) is 13.0 Å². The maximum Gasteiger partial charge on any atom is 0.324 e. The molecule has 2 aliphatic heterocycles. The first-order valence-electron chi connectivity index (χ1n) is 9.78. The van der Waals surface area contributed by atoms with E-state index in [0.29, 0.717) is 31.8 Å². The van der Waals surface area contributed by atoms with Crippen LogP contribution < -0.4 is 15.6 Å². The summed E-state index contributed by atoms with van der Waals surface area (Å²) < 4.78 is 24.0. The number of likely N-dealkylation sites (tertiary alicyclic amines) is 1. The number of esters is 1. The lowest BCUT2D eigenvalue weighted by molar-refractivity contribution is -0.146. The molecule has 2 fully saturated rings. The van der Waals surface area contributed by atoms with Gasteiger partial charge in [0, 0.05) is 37.0 Å². The molecule has 0 aromatic heterocycles. The van der Waals surface area contributed by atoms with Gasteiger partial charge < -0.3 is 14.4 Å². The maximum absolute atomic E-state index is 14.0. The van der Waals surface area contributed by atoms with Crippen LogP contribution in [0.1, 0.15) is 30.1 Å². The topological polar surface area (TPSA) is 79.9 Å². The lowest BCUT2D eigenvalue weighted by Crippen LogP contribution is -2.46. The predicted octanol–water partition coefficient (Wildman–Crippen LogP) is 1.38. The second-order valence-corrected chi connectivity index (χ2v) is 7.33. The van der Waals surface area contributed by atoms with E-state index in [0.717, 1.165) is 19.4 Å². The third kappa shape index (κ3) is 4.68. The molecule has 8 heteroatoms. The number of ketones is 1. The first kappa shape index (κ1) is 20.7. The summed E-state index contributed by atoms with van der Waals surface area (Å²) in [6, 6.07) is 3.97. The average molecular weight is 393 g/mol. The van der Waals surface area contributed by atoms with Crippen molar-refractivity contribution >= 4 is 11.8 Å². The van der Waals surface area contributed by atoms with E-state index in [9.17, 15) is 14.0 Å². The van der Waals surface area contributed by atoms with E-state index in [-0.39, 0.29) is 35.4 Å². The molecule has 0 radical (unpaired) electrons. The van der Waals surface area contributed by atoms with Crippen LogP contribution in [0.15, 0.2) is 18.2 Å². The van der Waals surface area contributed by atoms with Gasteiger partial charge in [0.05, 0.1) is 13.7 Å². The number of hydrogen-bond donors (Lipinski definition) is 2. The summed E-state index contributed by atoms with van der Waals surface area (Å²) in [7, 11) is 1.40. The number of benzene rings is 1. The van der Waals surface area contributed by atoms with Gasteiger partial charge in [-0.15, -0.1) is 0 Å². The third-order valence-electron chi connectivity index (χ3n) is 5.44. The number of hydrogen-bond acceptors (Lipinski definition) is 7. The minimum atomic E-state index is -0.526. The molecule has 0 aliphatic carbocycles. The first-order valence-corrected chi connectivity index (χ1v) is 9.78. The molecular weight excluding hydrogens is 365 g/mol. The highest BCUT2D eigenvalue weighted by molar-refractivity contribution is 5.98. The van der Waals surface area contributed by atoms with E-state index >= 15 is 0 Å². The van der Waals surface area contributed by atoms with Crippen molar-refractivity contribution in [1.29, 1.82) is 0 Å². The van der Waals surface area contributed by atoms with Crippen LogP contribution in [0.5, 0.6) is 5.75 Å². The van der Waals surface area contributed by atoms with Gasteiger partial charge in [-0.1, -0.05) is 0 Å². The highest BCUT2D eigenvalue weighted by Gasteiger charge is 2.36. The Kier molecular flexibility index (Phi) is 6.98. The summed E-state index contributed by atoms with van der Waals surface area (Å²) in [5.74, 6) is -0.794. The van der Waals surface area contributed by atoms with Crippen LogP contribution >= 0.6 is 0 Å². The molecule has 0 bridgehead atoms. The zero-order valence-electron chi connectivity index (χ0n) is 16.4. The fourth-order valence-corrected chi connectivity index (χ4v) is 4.01. The largest absolute Gasteiger partial charge is 0.494 e. The molecule has 3 rings (SSSR count). The van der Waals surface area contributed by atoms with E-state index in [1.807, 2.05) is 0 Å². The number of nitrogens with one attached hydrogen (secondary N) is 2. The molecule has 2 N–H and O–H groups in total. The Labute approximate surface area is 164 Å². The summed E-state index contributed by atoms with van der Waals surface area (Å²) in [5, 5.41) is 0. The lowest BCUT2D eigenvalue weighted by Gasteiger charge is -2.34. The number of ether oxygens (including phenoxy) is 2. The zero-order valence-corrected chi connectivity index (χ0v) is 16.4. The van der Waals surface area contributed by atoms with Gasteiger partial charge in [-0.3, -0.25) is 15.0 Å². The number of halogens is 1. The second kappa shape index (κ2) is 9.45. The van der Waals surface area contributed by atoms with Crippen molar-refractivity contribution in [2.45, 2.75) is 25.8 Å². The van der Waals surface area contributed by atoms with Crippen molar-refractivity contribution in [3.8, 4) is 5.75 Å². The predicted molar refractivity (Wildman–Crippen MR) is 101 cm³/mol. The molecule has 0 spiro atoms. The highest BCUT2D eigenvalue weighted by atomic mass is 19.1. The zero-order chi connectivity index (χ0) is 20.1. The minimum absolute atomic E-state index is 0.0455. The number of hydrazine groups is 1. The highest BCUT2D eigenvalue weighted by Crippen LogP contribution is 2.25. The van der Waals surface area contributed by atoms with Crippen molar-refractivity contribution in [3.63, 3.8) is 0 Å². The molecule has 2 saturated heterocycles. The number of carbonyl (C=O) groups is 2. The van der Waals surface area contributed by atoms with Crippen LogP contribution in [0.2, 0.25) is 0 Å². The number of methoxy groups -OCH3 is 1. The van der Waals surface area contributed by atoms with E-state index < -0.39 is 5.82 Å². The van der Waals surface area contributed by atoms with E-state index in [2.05, 4.69) is 15.8 Å². The Morgan fingerprint density at radius 1 is 1.36 bits per heavy atom. The standard InChI is InChI=1S/C20H28FN3O4/c1-3-28-20(26)18-15(10-22-23-18)12-24-8-4-5-14(11-24)19(25)13-6-7-17(27-2)16(21)9-13/h6-7,9,14-15,18,22-23H,3-5,8,10-12H2,1-2H3. The smallest absolute Gasteiger partial charge is 0.324 e. The lowest BCUT2D eigenvalue weighted by atomic mass is 9.89. The second-order valence-electron chi connectivity index (χ2n) is 7.33. The number of nitrogens with zero attached hydrogens (tertiary/aromatic N) is 1. The molecule has 0 saturated carbocycles. The van der Waals surface area contributed by atoms with Crippen LogP contribution in [0.25, 0.3) is 0 Å². The van der Waals surface area contributed by atoms with Crippen LogP contribution in [-0.4, -0.2) is 62.6 Å².